The Morgan fingerprint density at radius 1 is 1.21 bits per heavy atom. The van der Waals surface area contributed by atoms with Crippen molar-refractivity contribution in [1.82, 2.24) is 0 Å². The van der Waals surface area contributed by atoms with Crippen LogP contribution in [0.2, 0.25) is 0 Å². The molecule has 28 heavy (non-hydrogen) atoms. The number of unbranched alkanes of at least 4 members (excludes halogenated alkanes) is 5. The number of aryl methyl sites for hydroxylation is 1. The van der Waals surface area contributed by atoms with Gasteiger partial charge in [0.2, 0.25) is 0 Å². The molecule has 1 aromatic rings. The van der Waals surface area contributed by atoms with Crippen LogP contribution in [0.1, 0.15) is 69.4 Å². The molecule has 5 nitrogen and oxygen atoms in total. The average molecular weight is 421 g/mol. The number of aliphatic hydroxyl groups excluding tert-OH is 1. The first-order valence-electron chi connectivity index (χ1n) is 9.94. The van der Waals surface area contributed by atoms with Gasteiger partial charge in [-0.25, -0.2) is 8.78 Å². The predicted octanol–water partition coefficient (Wildman–Crippen LogP) is 4.67. The maximum atomic E-state index is 13.4. The van der Waals surface area contributed by atoms with Crippen LogP contribution >= 0.6 is 8.69 Å². The number of hydrogen-bond donors (Lipinski definition) is 2. The van der Waals surface area contributed by atoms with Crippen LogP contribution in [0.5, 0.6) is 5.75 Å². The molecule has 0 amide bonds. The Balaban J connectivity index is 2.60. The summed E-state index contributed by atoms with van der Waals surface area (Å²) in [5, 5.41) is 9.43. The zero-order valence-electron chi connectivity index (χ0n) is 16.7. The fraction of sp³-hybridized carbons (Fsp3) is 0.700. The minimum absolute atomic E-state index is 0.0382. The number of rotatable bonds is 16. The highest BCUT2D eigenvalue weighted by atomic mass is 31.1. The molecule has 1 aromatic carbocycles. The number of hydrogen-bond acceptors (Lipinski definition) is 5. The quantitative estimate of drug-likeness (QED) is 0.299. The van der Waals surface area contributed by atoms with Gasteiger partial charge in [-0.05, 0) is 37.0 Å². The van der Waals surface area contributed by atoms with Crippen molar-refractivity contribution in [2.24, 2.45) is 5.73 Å². The zero-order valence-corrected chi connectivity index (χ0v) is 17.8. The Morgan fingerprint density at radius 3 is 2.57 bits per heavy atom. The number of ether oxygens (including phenoxy) is 1. The molecule has 3 N–H and O–H groups in total. The predicted molar refractivity (Wildman–Crippen MR) is 109 cm³/mol. The van der Waals surface area contributed by atoms with Gasteiger partial charge >= 0.3 is 0 Å². The first-order valence-corrected chi connectivity index (χ1v) is 10.9. The molecule has 0 aliphatic rings. The standard InChI is InChI=1S/C20H34F2NO4P/c1-2-3-4-5-6-7-12-26-18-9-8-16(13-17(18)19(21)22)10-11-20(23,14-24)15-27-28-25/h8-9,13,19,24H,2-7,10-12,14-15,23,28H2,1H3. The third kappa shape index (κ3) is 9.46. The number of halogens is 2. The van der Waals surface area contributed by atoms with E-state index in [-0.39, 0.29) is 24.5 Å². The Hall–Kier alpha value is -1.01. The monoisotopic (exact) mass is 421 g/mol. The zero-order chi connectivity index (χ0) is 20.8. The summed E-state index contributed by atoms with van der Waals surface area (Å²) in [5.74, 6) is 0.215. The highest BCUT2D eigenvalue weighted by Crippen LogP contribution is 2.31. The summed E-state index contributed by atoms with van der Waals surface area (Å²) >= 11 is 0. The number of aliphatic hydroxyl groups is 1. The lowest BCUT2D eigenvalue weighted by Gasteiger charge is -2.26. The molecule has 0 bridgehead atoms. The van der Waals surface area contributed by atoms with Gasteiger partial charge in [-0.1, -0.05) is 45.1 Å². The van der Waals surface area contributed by atoms with Crippen LogP contribution in [0.25, 0.3) is 0 Å². The molecule has 0 radical (unpaired) electrons. The summed E-state index contributed by atoms with van der Waals surface area (Å²) in [7, 11) is -1.41. The van der Waals surface area contributed by atoms with Crippen molar-refractivity contribution in [3.63, 3.8) is 0 Å². The van der Waals surface area contributed by atoms with Gasteiger partial charge in [0.05, 0.1) is 30.9 Å². The lowest BCUT2D eigenvalue weighted by atomic mass is 9.93. The lowest BCUT2D eigenvalue weighted by Crippen LogP contribution is -2.47. The van der Waals surface area contributed by atoms with E-state index in [1.807, 2.05) is 0 Å². The van der Waals surface area contributed by atoms with Crippen molar-refractivity contribution in [3.8, 4) is 5.75 Å². The van der Waals surface area contributed by atoms with Crippen molar-refractivity contribution < 1.29 is 27.7 Å². The van der Waals surface area contributed by atoms with E-state index in [4.69, 9.17) is 15.0 Å². The molecule has 162 valence electrons. The molecule has 1 rings (SSSR count). The van der Waals surface area contributed by atoms with Gasteiger partial charge < -0.3 is 20.1 Å². The fourth-order valence-corrected chi connectivity index (χ4v) is 3.31. The molecular weight excluding hydrogens is 387 g/mol. The van der Waals surface area contributed by atoms with Gasteiger partial charge in [0, 0.05) is 0 Å². The summed E-state index contributed by atoms with van der Waals surface area (Å²) in [6.07, 6.45) is 4.73. The molecule has 0 aromatic heterocycles. The van der Waals surface area contributed by atoms with Gasteiger partial charge in [0.1, 0.15) is 5.75 Å². The molecule has 0 spiro atoms. The van der Waals surface area contributed by atoms with E-state index in [0.29, 0.717) is 25.0 Å². The number of alkyl halides is 2. The second-order valence-corrected chi connectivity index (χ2v) is 7.74. The second kappa shape index (κ2) is 14.0. The summed E-state index contributed by atoms with van der Waals surface area (Å²) in [4.78, 5) is 0. The van der Waals surface area contributed by atoms with Crippen LogP contribution in [0.3, 0.4) is 0 Å². The van der Waals surface area contributed by atoms with Gasteiger partial charge in [0.25, 0.3) is 6.43 Å². The van der Waals surface area contributed by atoms with E-state index in [1.54, 1.807) is 12.1 Å². The molecule has 0 saturated carbocycles. The first kappa shape index (κ1) is 25.0. The van der Waals surface area contributed by atoms with Crippen LogP contribution in [-0.2, 0) is 15.5 Å². The van der Waals surface area contributed by atoms with E-state index in [0.717, 1.165) is 19.3 Å². The molecule has 0 aliphatic carbocycles. The van der Waals surface area contributed by atoms with Crippen LogP contribution in [0.15, 0.2) is 18.2 Å². The largest absolute Gasteiger partial charge is 0.493 e. The third-order valence-electron chi connectivity index (χ3n) is 4.73. The fourth-order valence-electron chi connectivity index (χ4n) is 2.91. The van der Waals surface area contributed by atoms with Crippen LogP contribution < -0.4 is 10.5 Å². The Bertz CT molecular complexity index is 577. The summed E-state index contributed by atoms with van der Waals surface area (Å²) in [6.45, 7) is 2.21. The van der Waals surface area contributed by atoms with Gasteiger partial charge in [0.15, 0.2) is 8.69 Å². The SMILES string of the molecule is CCCCCCCCOc1ccc(CCC(N)(CO)CO[PH2]=O)cc1C(F)F. The highest BCUT2D eigenvalue weighted by molar-refractivity contribution is 7.17. The second-order valence-electron chi connectivity index (χ2n) is 7.22. The first-order chi connectivity index (χ1) is 13.5. The van der Waals surface area contributed by atoms with E-state index in [9.17, 15) is 18.5 Å². The van der Waals surface area contributed by atoms with Crippen molar-refractivity contribution in [2.75, 3.05) is 19.8 Å². The maximum absolute atomic E-state index is 13.4. The average Bonchev–Trinajstić information content (AvgIpc) is 2.70. The molecule has 0 fully saturated rings. The van der Waals surface area contributed by atoms with Gasteiger partial charge in [-0.15, -0.1) is 0 Å². The van der Waals surface area contributed by atoms with Crippen molar-refractivity contribution in [2.45, 2.75) is 70.3 Å². The van der Waals surface area contributed by atoms with E-state index in [1.165, 1.54) is 25.3 Å². The number of nitrogens with two attached hydrogens (primary N) is 1. The maximum Gasteiger partial charge on any atom is 0.267 e. The molecule has 0 aliphatic heterocycles. The van der Waals surface area contributed by atoms with Crippen LogP contribution in [0, 0.1) is 0 Å². The summed E-state index contributed by atoms with van der Waals surface area (Å²) < 4.78 is 47.8. The van der Waals surface area contributed by atoms with Gasteiger partial charge in [-0.3, -0.25) is 4.57 Å². The van der Waals surface area contributed by atoms with Crippen molar-refractivity contribution in [3.05, 3.63) is 29.3 Å². The number of benzene rings is 1. The molecule has 8 heteroatoms. The molecule has 0 saturated heterocycles. The highest BCUT2D eigenvalue weighted by Gasteiger charge is 2.24. The Labute approximate surface area is 167 Å². The topological polar surface area (TPSA) is 81.8 Å². The van der Waals surface area contributed by atoms with Crippen LogP contribution in [0.4, 0.5) is 8.78 Å². The minimum Gasteiger partial charge on any atom is -0.493 e. The third-order valence-corrected chi connectivity index (χ3v) is 5.03. The van der Waals surface area contributed by atoms with Crippen molar-refractivity contribution in [1.29, 1.82) is 0 Å². The van der Waals surface area contributed by atoms with Crippen molar-refractivity contribution >= 4 is 8.69 Å². The smallest absolute Gasteiger partial charge is 0.267 e. The van der Waals surface area contributed by atoms with E-state index in [2.05, 4.69) is 6.92 Å². The Kier molecular flexibility index (Phi) is 12.6. The molecule has 2 atom stereocenters. The summed E-state index contributed by atoms with van der Waals surface area (Å²) in [5.41, 5.74) is 5.52. The normalized spacial score (nSPS) is 14.1. The Morgan fingerprint density at radius 2 is 1.93 bits per heavy atom. The van der Waals surface area contributed by atoms with Crippen LogP contribution in [-0.4, -0.2) is 30.5 Å². The van der Waals surface area contributed by atoms with Gasteiger partial charge in [-0.2, -0.15) is 0 Å². The van der Waals surface area contributed by atoms with E-state index >= 15 is 0 Å². The minimum atomic E-state index is -2.63. The molecule has 0 heterocycles. The van der Waals surface area contributed by atoms with E-state index < -0.39 is 20.7 Å². The molecular formula is C20H34F2NO4P. The molecule has 2 unspecified atom stereocenters. The summed E-state index contributed by atoms with van der Waals surface area (Å²) in [6, 6.07) is 4.74. The lowest BCUT2D eigenvalue weighted by molar-refractivity contribution is 0.133.